The molecule has 0 aromatic heterocycles. The molecule has 1 fully saturated rings. The fourth-order valence-corrected chi connectivity index (χ4v) is 5.46. The molecule has 1 unspecified atom stereocenters. The lowest BCUT2D eigenvalue weighted by atomic mass is 9.79. The van der Waals surface area contributed by atoms with E-state index in [0.717, 1.165) is 47.1 Å². The molecule has 3 N–H and O–H groups in total. The molecule has 0 saturated heterocycles. The number of carboxylic acids is 1. The molecule has 40 heavy (non-hydrogen) atoms. The number of ether oxygens (including phenoxy) is 2. The van der Waals surface area contributed by atoms with Crippen molar-refractivity contribution in [1.82, 2.24) is 10.6 Å². The van der Waals surface area contributed by atoms with E-state index in [9.17, 15) is 19.5 Å². The number of rotatable bonds is 11. The fourth-order valence-electron chi connectivity index (χ4n) is 5.46. The van der Waals surface area contributed by atoms with Crippen LogP contribution in [0.3, 0.4) is 0 Å². The Labute approximate surface area is 233 Å². The van der Waals surface area contributed by atoms with Crippen molar-refractivity contribution in [1.29, 1.82) is 0 Å². The van der Waals surface area contributed by atoms with E-state index in [1.165, 1.54) is 0 Å². The molecule has 1 saturated carbocycles. The van der Waals surface area contributed by atoms with Crippen LogP contribution >= 0.6 is 0 Å². The Balaban J connectivity index is 1.21. The van der Waals surface area contributed by atoms with Crippen molar-refractivity contribution in [2.75, 3.05) is 6.61 Å². The van der Waals surface area contributed by atoms with E-state index in [1.54, 1.807) is 6.92 Å². The van der Waals surface area contributed by atoms with Crippen molar-refractivity contribution in [2.24, 2.45) is 5.92 Å². The average Bonchev–Trinajstić information content (AvgIpc) is 3.26. The molecular formula is C32H34N2O6. The van der Waals surface area contributed by atoms with Crippen molar-refractivity contribution in [3.8, 4) is 11.1 Å². The minimum absolute atomic E-state index is 0.0875. The largest absolute Gasteiger partial charge is 0.480 e. The highest BCUT2D eigenvalue weighted by molar-refractivity contribution is 5.90. The molecule has 5 rings (SSSR count). The van der Waals surface area contributed by atoms with Crippen LogP contribution in [0, 0.1) is 5.92 Å². The molecule has 8 nitrogen and oxygen atoms in total. The van der Waals surface area contributed by atoms with Gasteiger partial charge in [-0.15, -0.1) is 0 Å². The molecule has 8 heteroatoms. The third-order valence-electron chi connectivity index (χ3n) is 7.91. The van der Waals surface area contributed by atoms with Crippen LogP contribution in [0.15, 0.2) is 78.9 Å². The molecule has 0 heterocycles. The summed E-state index contributed by atoms with van der Waals surface area (Å²) in [6, 6.07) is 23.4. The highest BCUT2D eigenvalue weighted by Gasteiger charge is 2.38. The van der Waals surface area contributed by atoms with Gasteiger partial charge in [0.2, 0.25) is 5.91 Å². The normalized spacial score (nSPS) is 16.5. The third-order valence-corrected chi connectivity index (χ3v) is 7.91. The number of nitrogens with one attached hydrogen (secondary N) is 2. The molecule has 3 atom stereocenters. The lowest BCUT2D eigenvalue weighted by Gasteiger charge is -2.34. The molecule has 0 bridgehead atoms. The highest BCUT2D eigenvalue weighted by atomic mass is 16.5. The van der Waals surface area contributed by atoms with Crippen molar-refractivity contribution in [3.05, 3.63) is 95.6 Å². The van der Waals surface area contributed by atoms with Gasteiger partial charge in [-0.3, -0.25) is 4.79 Å². The number of amides is 2. The molecular weight excluding hydrogens is 508 g/mol. The van der Waals surface area contributed by atoms with Gasteiger partial charge in [-0.1, -0.05) is 85.3 Å². The van der Waals surface area contributed by atoms with Gasteiger partial charge >= 0.3 is 12.1 Å². The quantitative estimate of drug-likeness (QED) is 0.319. The van der Waals surface area contributed by atoms with Crippen molar-refractivity contribution in [3.63, 3.8) is 0 Å². The van der Waals surface area contributed by atoms with Crippen LogP contribution in [0.25, 0.3) is 11.1 Å². The number of hydrogen-bond acceptors (Lipinski definition) is 5. The van der Waals surface area contributed by atoms with Crippen LogP contribution in [0.1, 0.15) is 48.8 Å². The summed E-state index contributed by atoms with van der Waals surface area (Å²) in [4.78, 5) is 38.3. The minimum atomic E-state index is -1.27. The lowest BCUT2D eigenvalue weighted by Crippen LogP contribution is -2.58. The van der Waals surface area contributed by atoms with Gasteiger partial charge in [0, 0.05) is 5.92 Å². The van der Waals surface area contributed by atoms with E-state index in [0.29, 0.717) is 0 Å². The lowest BCUT2D eigenvalue weighted by molar-refractivity contribution is -0.147. The van der Waals surface area contributed by atoms with Crippen LogP contribution in [0.5, 0.6) is 0 Å². The summed E-state index contributed by atoms with van der Waals surface area (Å²) in [5.74, 6) is -1.95. The molecule has 0 spiro atoms. The maximum atomic E-state index is 13.3. The summed E-state index contributed by atoms with van der Waals surface area (Å²) in [5.41, 5.74) is 5.34. The first-order valence-electron chi connectivity index (χ1n) is 13.7. The molecule has 208 valence electrons. The van der Waals surface area contributed by atoms with E-state index in [2.05, 4.69) is 22.8 Å². The molecule has 0 radical (unpaired) electrons. The van der Waals surface area contributed by atoms with Crippen LogP contribution < -0.4 is 10.6 Å². The summed E-state index contributed by atoms with van der Waals surface area (Å²) in [6.07, 6.45) is 0.978. The molecule has 3 aromatic carbocycles. The number of carbonyl (C=O) groups excluding carboxylic acids is 2. The van der Waals surface area contributed by atoms with Crippen molar-refractivity contribution >= 4 is 18.0 Å². The predicted molar refractivity (Wildman–Crippen MR) is 150 cm³/mol. The Morgan fingerprint density at radius 3 is 2.05 bits per heavy atom. The maximum Gasteiger partial charge on any atom is 0.407 e. The Kier molecular flexibility index (Phi) is 8.45. The van der Waals surface area contributed by atoms with Crippen LogP contribution in [-0.2, 0) is 25.7 Å². The average molecular weight is 543 g/mol. The molecule has 0 aliphatic heterocycles. The summed E-state index contributed by atoms with van der Waals surface area (Å²) >= 11 is 0. The first-order chi connectivity index (χ1) is 19.4. The molecule has 2 amide bonds. The van der Waals surface area contributed by atoms with Gasteiger partial charge in [-0.25, -0.2) is 9.59 Å². The first-order valence-corrected chi connectivity index (χ1v) is 13.7. The second kappa shape index (κ2) is 12.3. The van der Waals surface area contributed by atoms with E-state index < -0.39 is 36.2 Å². The van der Waals surface area contributed by atoms with Gasteiger partial charge in [-0.2, -0.15) is 0 Å². The number of carboxylic acid groups (broad SMARTS) is 1. The Morgan fingerprint density at radius 2 is 1.48 bits per heavy atom. The van der Waals surface area contributed by atoms with E-state index in [4.69, 9.17) is 9.47 Å². The summed E-state index contributed by atoms with van der Waals surface area (Å²) < 4.78 is 11.4. The zero-order chi connectivity index (χ0) is 28.1. The van der Waals surface area contributed by atoms with E-state index in [1.807, 2.05) is 66.7 Å². The van der Waals surface area contributed by atoms with Gasteiger partial charge in [0.05, 0.1) is 12.7 Å². The molecule has 2 aliphatic rings. The van der Waals surface area contributed by atoms with Gasteiger partial charge in [0.15, 0.2) is 6.04 Å². The predicted octanol–water partition coefficient (Wildman–Crippen LogP) is 4.87. The molecule has 2 aliphatic carbocycles. The Bertz CT molecular complexity index is 1310. The van der Waals surface area contributed by atoms with E-state index >= 15 is 0 Å². The third kappa shape index (κ3) is 6.02. The van der Waals surface area contributed by atoms with Gasteiger partial charge in [0.25, 0.3) is 0 Å². The van der Waals surface area contributed by atoms with E-state index in [-0.39, 0.29) is 25.0 Å². The van der Waals surface area contributed by atoms with Gasteiger partial charge in [0.1, 0.15) is 12.6 Å². The summed E-state index contributed by atoms with van der Waals surface area (Å²) in [6.45, 7) is 1.95. The van der Waals surface area contributed by atoms with Crippen molar-refractivity contribution < 1.29 is 29.0 Å². The zero-order valence-electron chi connectivity index (χ0n) is 22.4. The number of hydrogen-bond donors (Lipinski definition) is 3. The number of benzene rings is 3. The molecule has 3 aromatic rings. The zero-order valence-corrected chi connectivity index (χ0v) is 22.4. The van der Waals surface area contributed by atoms with Crippen LogP contribution in [0.2, 0.25) is 0 Å². The number of fused-ring (bicyclic) bond motifs is 3. The smallest absolute Gasteiger partial charge is 0.407 e. The second-order valence-electron chi connectivity index (χ2n) is 10.5. The monoisotopic (exact) mass is 542 g/mol. The topological polar surface area (TPSA) is 114 Å². The Hall–Kier alpha value is -4.17. The fraction of sp³-hybridized carbons (Fsp3) is 0.344. The van der Waals surface area contributed by atoms with Gasteiger partial charge < -0.3 is 25.2 Å². The summed E-state index contributed by atoms with van der Waals surface area (Å²) in [5, 5.41) is 15.1. The highest BCUT2D eigenvalue weighted by Crippen LogP contribution is 2.44. The van der Waals surface area contributed by atoms with Crippen LogP contribution in [0.4, 0.5) is 4.79 Å². The van der Waals surface area contributed by atoms with Gasteiger partial charge in [-0.05, 0) is 53.5 Å². The second-order valence-corrected chi connectivity index (χ2v) is 10.5. The number of alkyl carbamates (subject to hydrolysis) is 1. The van der Waals surface area contributed by atoms with Crippen molar-refractivity contribution in [2.45, 2.75) is 56.9 Å². The maximum absolute atomic E-state index is 13.3. The number of carbonyl (C=O) groups is 3. The first kappa shape index (κ1) is 27.4. The number of aliphatic carboxylic acids is 1. The summed E-state index contributed by atoms with van der Waals surface area (Å²) in [7, 11) is 0. The van der Waals surface area contributed by atoms with Crippen LogP contribution in [-0.4, -0.2) is 47.9 Å². The standard InChI is InChI=1S/C32H34N2O6/c1-20(39-18-21-10-3-2-4-11-21)28(31(36)37)33-30(35)29(22-12-9-13-22)34-32(38)40-19-27-25-16-7-5-14-23(25)24-15-6-8-17-26(24)27/h2-8,10-11,14-17,20,22,27-29H,9,12-13,18-19H2,1H3,(H,33,35)(H,34,38)(H,36,37)/t20-,28+,29?/m0/s1. The Morgan fingerprint density at radius 1 is 0.875 bits per heavy atom. The SMILES string of the molecule is C[C@H](OCc1ccccc1)[C@@H](NC(=O)C(NC(=O)OCC1c2ccccc2-c2ccccc21)C1CCC1)C(=O)O. The minimum Gasteiger partial charge on any atom is -0.480 e.